The van der Waals surface area contributed by atoms with Gasteiger partial charge in [-0.1, -0.05) is 48.5 Å². The van der Waals surface area contributed by atoms with Crippen molar-refractivity contribution in [2.24, 2.45) is 0 Å². The van der Waals surface area contributed by atoms with Crippen molar-refractivity contribution in [3.63, 3.8) is 0 Å². The molecule has 6 heteroatoms. The van der Waals surface area contributed by atoms with Crippen molar-refractivity contribution in [2.45, 2.75) is 12.8 Å². The second kappa shape index (κ2) is 12.6. The smallest absolute Gasteiger partial charge is 0.330 e. The zero-order valence-electron chi connectivity index (χ0n) is 18.9. The highest BCUT2D eigenvalue weighted by Gasteiger charge is 2.01. The number of nitrogen functional groups attached to an aromatic ring is 2. The Labute approximate surface area is 199 Å². The Morgan fingerprint density at radius 2 is 0.941 bits per heavy atom. The molecule has 0 saturated carbocycles. The second-order valence-electron chi connectivity index (χ2n) is 7.65. The molecular weight excluding hydrogens is 428 g/mol. The molecule has 0 aromatic heterocycles. The van der Waals surface area contributed by atoms with Gasteiger partial charge >= 0.3 is 11.9 Å². The Balaban J connectivity index is 1.37. The zero-order chi connectivity index (χ0) is 24.2. The first kappa shape index (κ1) is 24.3. The molecule has 3 rings (SSSR count). The largest absolute Gasteiger partial charge is 0.462 e. The lowest BCUT2D eigenvalue weighted by Crippen LogP contribution is -2.04. The summed E-state index contributed by atoms with van der Waals surface area (Å²) in [6.07, 6.45) is 7.42. The van der Waals surface area contributed by atoms with E-state index in [2.05, 4.69) is 0 Å². The number of benzene rings is 3. The molecule has 0 amide bonds. The standard InChI is InChI=1S/C28H28N2O4/c29-25-11-5-23(6-12-25)17-19-33-27(31)15-9-21-1-2-22(4-3-21)10-16-28(32)34-20-18-24-7-13-26(30)14-8-24/h1-16H,17-20,29-30H2/b15-9+,16-10+. The highest BCUT2D eigenvalue weighted by atomic mass is 16.5. The molecule has 3 aromatic carbocycles. The molecule has 4 N–H and O–H groups in total. The van der Waals surface area contributed by atoms with Crippen LogP contribution in [-0.2, 0) is 31.9 Å². The number of carbonyl (C=O) groups is 2. The summed E-state index contributed by atoms with van der Waals surface area (Å²) in [5.41, 5.74) is 16.5. The van der Waals surface area contributed by atoms with Crippen LogP contribution in [0, 0.1) is 0 Å². The quantitative estimate of drug-likeness (QED) is 0.265. The molecule has 0 spiro atoms. The Morgan fingerprint density at radius 1 is 0.588 bits per heavy atom. The van der Waals surface area contributed by atoms with Gasteiger partial charge in [-0.2, -0.15) is 0 Å². The number of hydrogen-bond donors (Lipinski definition) is 2. The lowest BCUT2D eigenvalue weighted by molar-refractivity contribution is -0.138. The summed E-state index contributed by atoms with van der Waals surface area (Å²) in [6, 6.07) is 22.3. The van der Waals surface area contributed by atoms with Gasteiger partial charge in [-0.3, -0.25) is 0 Å². The molecule has 0 fully saturated rings. The van der Waals surface area contributed by atoms with Crippen LogP contribution >= 0.6 is 0 Å². The maximum atomic E-state index is 11.9. The van der Waals surface area contributed by atoms with Gasteiger partial charge in [0, 0.05) is 36.4 Å². The van der Waals surface area contributed by atoms with E-state index in [9.17, 15) is 9.59 Å². The highest BCUT2D eigenvalue weighted by molar-refractivity contribution is 5.88. The van der Waals surface area contributed by atoms with Gasteiger partial charge in [0.1, 0.15) is 0 Å². The maximum absolute atomic E-state index is 11.9. The molecule has 0 aliphatic heterocycles. The van der Waals surface area contributed by atoms with Gasteiger partial charge in [0.25, 0.3) is 0 Å². The van der Waals surface area contributed by atoms with Gasteiger partial charge in [0.05, 0.1) is 13.2 Å². The van der Waals surface area contributed by atoms with Crippen LogP contribution < -0.4 is 11.5 Å². The summed E-state index contributed by atoms with van der Waals surface area (Å²) in [7, 11) is 0. The van der Waals surface area contributed by atoms with Crippen LogP contribution in [-0.4, -0.2) is 25.2 Å². The van der Waals surface area contributed by atoms with E-state index in [0.717, 1.165) is 22.3 Å². The molecule has 174 valence electrons. The number of carbonyl (C=O) groups excluding carboxylic acids is 2. The summed E-state index contributed by atoms with van der Waals surface area (Å²) in [5, 5.41) is 0. The van der Waals surface area contributed by atoms with Gasteiger partial charge in [0.15, 0.2) is 0 Å². The third-order valence-corrected chi connectivity index (χ3v) is 4.99. The number of ether oxygens (including phenoxy) is 2. The molecule has 0 atom stereocenters. The maximum Gasteiger partial charge on any atom is 0.330 e. The van der Waals surface area contributed by atoms with E-state index in [1.54, 1.807) is 12.2 Å². The van der Waals surface area contributed by atoms with E-state index in [1.165, 1.54) is 12.2 Å². The topological polar surface area (TPSA) is 105 Å². The number of rotatable bonds is 10. The fourth-order valence-corrected chi connectivity index (χ4v) is 3.05. The Hall–Kier alpha value is -4.32. The fraction of sp³-hybridized carbons (Fsp3) is 0.143. The zero-order valence-corrected chi connectivity index (χ0v) is 18.9. The third kappa shape index (κ3) is 8.67. The van der Waals surface area contributed by atoms with Crippen molar-refractivity contribution < 1.29 is 19.1 Å². The number of esters is 2. The van der Waals surface area contributed by atoms with Crippen molar-refractivity contribution in [1.82, 2.24) is 0 Å². The molecule has 3 aromatic rings. The van der Waals surface area contributed by atoms with Crippen molar-refractivity contribution in [3.05, 3.63) is 107 Å². The molecular formula is C28H28N2O4. The predicted octanol–water partition coefficient (Wildman–Crippen LogP) is 4.45. The Bertz CT molecular complexity index is 1040. The van der Waals surface area contributed by atoms with Gasteiger partial charge in [-0.05, 0) is 58.7 Å². The van der Waals surface area contributed by atoms with Crippen molar-refractivity contribution in [1.29, 1.82) is 0 Å². The fourth-order valence-electron chi connectivity index (χ4n) is 3.05. The lowest BCUT2D eigenvalue weighted by atomic mass is 10.1. The van der Waals surface area contributed by atoms with E-state index in [0.29, 0.717) is 37.4 Å². The average molecular weight is 457 g/mol. The highest BCUT2D eigenvalue weighted by Crippen LogP contribution is 2.10. The van der Waals surface area contributed by atoms with Crippen molar-refractivity contribution in [2.75, 3.05) is 24.7 Å². The normalized spacial score (nSPS) is 11.1. The summed E-state index contributed by atoms with van der Waals surface area (Å²) >= 11 is 0. The molecule has 0 bridgehead atoms. The minimum absolute atomic E-state index is 0.299. The first-order valence-electron chi connectivity index (χ1n) is 11.0. The van der Waals surface area contributed by atoms with Crippen LogP contribution in [0.25, 0.3) is 12.2 Å². The molecule has 0 radical (unpaired) electrons. The molecule has 0 saturated heterocycles. The molecule has 0 aliphatic carbocycles. The van der Waals surface area contributed by atoms with E-state index in [1.807, 2.05) is 72.8 Å². The average Bonchev–Trinajstić information content (AvgIpc) is 2.84. The van der Waals surface area contributed by atoms with Crippen LogP contribution in [0.5, 0.6) is 0 Å². The van der Waals surface area contributed by atoms with Gasteiger partial charge in [0.2, 0.25) is 0 Å². The number of hydrogen-bond acceptors (Lipinski definition) is 6. The summed E-state index contributed by atoms with van der Waals surface area (Å²) < 4.78 is 10.5. The summed E-state index contributed by atoms with van der Waals surface area (Å²) in [6.45, 7) is 0.597. The van der Waals surface area contributed by atoms with E-state index >= 15 is 0 Å². The van der Waals surface area contributed by atoms with Crippen LogP contribution in [0.1, 0.15) is 22.3 Å². The van der Waals surface area contributed by atoms with E-state index in [4.69, 9.17) is 20.9 Å². The molecule has 0 unspecified atom stereocenters. The van der Waals surface area contributed by atoms with Crippen molar-refractivity contribution in [3.8, 4) is 0 Å². The lowest BCUT2D eigenvalue weighted by Gasteiger charge is -2.03. The number of anilines is 2. The van der Waals surface area contributed by atoms with Crippen LogP contribution in [0.3, 0.4) is 0 Å². The third-order valence-electron chi connectivity index (χ3n) is 4.99. The van der Waals surface area contributed by atoms with Gasteiger partial charge in [-0.25, -0.2) is 9.59 Å². The number of nitrogens with two attached hydrogens (primary N) is 2. The van der Waals surface area contributed by atoms with Crippen molar-refractivity contribution >= 4 is 35.5 Å². The molecule has 0 aliphatic rings. The second-order valence-corrected chi connectivity index (χ2v) is 7.65. The molecule has 6 nitrogen and oxygen atoms in total. The summed E-state index contributed by atoms with van der Waals surface area (Å²) in [5.74, 6) is -0.803. The minimum Gasteiger partial charge on any atom is -0.462 e. The minimum atomic E-state index is -0.402. The van der Waals surface area contributed by atoms with Crippen LogP contribution in [0.4, 0.5) is 11.4 Å². The predicted molar refractivity (Wildman–Crippen MR) is 136 cm³/mol. The van der Waals surface area contributed by atoms with Crippen LogP contribution in [0.15, 0.2) is 84.9 Å². The molecule has 34 heavy (non-hydrogen) atoms. The van der Waals surface area contributed by atoms with Gasteiger partial charge < -0.3 is 20.9 Å². The first-order chi connectivity index (χ1) is 16.5. The summed E-state index contributed by atoms with van der Waals surface area (Å²) in [4.78, 5) is 23.8. The Kier molecular flexibility index (Phi) is 9.05. The monoisotopic (exact) mass is 456 g/mol. The Morgan fingerprint density at radius 3 is 1.29 bits per heavy atom. The first-order valence-corrected chi connectivity index (χ1v) is 11.0. The van der Waals surface area contributed by atoms with E-state index < -0.39 is 11.9 Å². The van der Waals surface area contributed by atoms with Crippen LogP contribution in [0.2, 0.25) is 0 Å². The SMILES string of the molecule is Nc1ccc(CCOC(=O)/C=C/c2ccc(/C=C/C(=O)OCCc3ccc(N)cc3)cc2)cc1. The van der Waals surface area contributed by atoms with Gasteiger partial charge in [-0.15, -0.1) is 0 Å². The van der Waals surface area contributed by atoms with E-state index in [-0.39, 0.29) is 0 Å². The molecule has 0 heterocycles.